The number of hydrogen-bond acceptors (Lipinski definition) is 6. The maximum Gasteiger partial charge on any atom is 0.272 e. The Labute approximate surface area is 263 Å². The predicted molar refractivity (Wildman–Crippen MR) is 175 cm³/mol. The zero-order chi connectivity index (χ0) is 30.8. The molecule has 0 radical (unpaired) electrons. The Morgan fingerprint density at radius 1 is 0.791 bits per heavy atom. The molecule has 1 atom stereocenters. The summed E-state index contributed by atoms with van der Waals surface area (Å²) in [5.41, 5.74) is 2.26. The van der Waals surface area contributed by atoms with Crippen LogP contribution in [0.2, 0.25) is 0 Å². The number of amides is 3. The smallest absolute Gasteiger partial charge is 0.272 e. The van der Waals surface area contributed by atoms with Crippen LogP contribution in [0.5, 0.6) is 11.5 Å². The number of nitrogens with one attached hydrogen (secondary N) is 3. The third-order valence-corrected chi connectivity index (χ3v) is 7.76. The van der Waals surface area contributed by atoms with Crippen molar-refractivity contribution >= 4 is 62.9 Å². The monoisotopic (exact) mass is 659 g/mol. The minimum absolute atomic E-state index is 0.0290. The van der Waals surface area contributed by atoms with Crippen LogP contribution in [0.15, 0.2) is 112 Å². The van der Waals surface area contributed by atoms with Gasteiger partial charge in [0, 0.05) is 26.3 Å². The summed E-state index contributed by atoms with van der Waals surface area (Å²) in [5, 5.41) is 8.10. The second-order valence-electron chi connectivity index (χ2n) is 9.23. The van der Waals surface area contributed by atoms with E-state index in [0.717, 1.165) is 9.37 Å². The molecule has 0 saturated heterocycles. The van der Waals surface area contributed by atoms with Gasteiger partial charge in [0.15, 0.2) is 11.5 Å². The van der Waals surface area contributed by atoms with Crippen molar-refractivity contribution in [1.82, 2.24) is 5.32 Å². The highest BCUT2D eigenvalue weighted by molar-refractivity contribution is 9.10. The van der Waals surface area contributed by atoms with E-state index in [1.54, 1.807) is 72.8 Å². The summed E-state index contributed by atoms with van der Waals surface area (Å²) in [6, 6.07) is 28.3. The highest BCUT2D eigenvalue weighted by atomic mass is 79.9. The van der Waals surface area contributed by atoms with Crippen molar-refractivity contribution in [1.29, 1.82) is 0 Å². The molecule has 0 aliphatic carbocycles. The van der Waals surface area contributed by atoms with Crippen LogP contribution >= 0.6 is 27.7 Å². The molecule has 0 aliphatic heterocycles. The van der Waals surface area contributed by atoms with Gasteiger partial charge in [-0.2, -0.15) is 0 Å². The molecule has 3 N–H and O–H groups in total. The molecule has 0 bridgehead atoms. The van der Waals surface area contributed by atoms with Crippen molar-refractivity contribution in [2.45, 2.75) is 17.1 Å². The molecule has 0 saturated carbocycles. The summed E-state index contributed by atoms with van der Waals surface area (Å²) in [5.74, 6) is -0.0911. The van der Waals surface area contributed by atoms with Crippen molar-refractivity contribution in [2.75, 3.05) is 24.9 Å². The first-order chi connectivity index (χ1) is 20.7. The number of carbonyl (C=O) groups excluding carboxylic acids is 3. The summed E-state index contributed by atoms with van der Waals surface area (Å²) in [7, 11) is 3.06. The van der Waals surface area contributed by atoms with Crippen LogP contribution in [0.4, 0.5) is 11.4 Å². The van der Waals surface area contributed by atoms with E-state index < -0.39 is 17.1 Å². The van der Waals surface area contributed by atoms with Gasteiger partial charge in [-0.05, 0) is 85.3 Å². The Morgan fingerprint density at radius 2 is 1.51 bits per heavy atom. The lowest BCUT2D eigenvalue weighted by Gasteiger charge is -2.14. The molecular weight excluding hydrogens is 630 g/mol. The maximum absolute atomic E-state index is 13.5. The van der Waals surface area contributed by atoms with Gasteiger partial charge in [-0.1, -0.05) is 46.3 Å². The number of hydrogen-bond donors (Lipinski definition) is 3. The van der Waals surface area contributed by atoms with E-state index in [4.69, 9.17) is 9.47 Å². The standard InChI is InChI=1S/C33H30BrN3O5S/c1-21(31(38)35-25-15-13-24(34)14-16-25)43-27-11-7-10-26(20-27)36-33(40)28(37-32(39)23-8-5-4-6-9-23)18-22-12-17-29(41-2)30(19-22)42-3/h4-21H,1-3H3,(H,35,38)(H,36,40)(H,37,39)/b28-18+. The van der Waals surface area contributed by atoms with Crippen molar-refractivity contribution < 1.29 is 23.9 Å². The van der Waals surface area contributed by atoms with Crippen LogP contribution in [0.25, 0.3) is 6.08 Å². The highest BCUT2D eigenvalue weighted by Crippen LogP contribution is 2.29. The van der Waals surface area contributed by atoms with Gasteiger partial charge < -0.3 is 25.4 Å². The third kappa shape index (κ3) is 8.97. The lowest BCUT2D eigenvalue weighted by Crippen LogP contribution is -2.30. The number of halogens is 1. The summed E-state index contributed by atoms with van der Waals surface area (Å²) in [4.78, 5) is 40.0. The quantitative estimate of drug-likeness (QED) is 0.118. The average Bonchev–Trinajstić information content (AvgIpc) is 3.02. The number of carbonyl (C=O) groups is 3. The van der Waals surface area contributed by atoms with Crippen molar-refractivity contribution in [3.63, 3.8) is 0 Å². The second-order valence-corrected chi connectivity index (χ2v) is 11.6. The van der Waals surface area contributed by atoms with Crippen LogP contribution in [0, 0.1) is 0 Å². The molecule has 4 rings (SSSR count). The first-order valence-corrected chi connectivity index (χ1v) is 14.9. The molecule has 220 valence electrons. The van der Waals surface area contributed by atoms with Crippen molar-refractivity contribution in [3.05, 3.63) is 118 Å². The van der Waals surface area contributed by atoms with Gasteiger partial charge >= 0.3 is 0 Å². The molecule has 4 aromatic carbocycles. The lowest BCUT2D eigenvalue weighted by atomic mass is 10.1. The number of thioether (sulfide) groups is 1. The first-order valence-electron chi connectivity index (χ1n) is 13.2. The molecule has 10 heteroatoms. The van der Waals surface area contributed by atoms with E-state index in [1.807, 2.05) is 37.3 Å². The number of anilines is 2. The zero-order valence-corrected chi connectivity index (χ0v) is 26.1. The van der Waals surface area contributed by atoms with E-state index in [9.17, 15) is 14.4 Å². The third-order valence-electron chi connectivity index (χ3n) is 6.13. The molecule has 1 unspecified atom stereocenters. The molecule has 0 heterocycles. The topological polar surface area (TPSA) is 106 Å². The summed E-state index contributed by atoms with van der Waals surface area (Å²) >= 11 is 4.75. The largest absolute Gasteiger partial charge is 0.493 e. The molecule has 0 aliphatic rings. The van der Waals surface area contributed by atoms with Crippen molar-refractivity contribution in [3.8, 4) is 11.5 Å². The lowest BCUT2D eigenvalue weighted by molar-refractivity contribution is -0.115. The first kappa shape index (κ1) is 31.4. The number of rotatable bonds is 11. The van der Waals surface area contributed by atoms with E-state index in [1.165, 1.54) is 26.0 Å². The fourth-order valence-electron chi connectivity index (χ4n) is 3.93. The molecule has 0 spiro atoms. The average molecular weight is 661 g/mol. The van der Waals surface area contributed by atoms with E-state index in [0.29, 0.717) is 34.0 Å². The van der Waals surface area contributed by atoms with Crippen LogP contribution in [-0.2, 0) is 9.59 Å². The van der Waals surface area contributed by atoms with E-state index in [2.05, 4.69) is 31.9 Å². The van der Waals surface area contributed by atoms with Crippen molar-refractivity contribution in [2.24, 2.45) is 0 Å². The Balaban J connectivity index is 1.52. The maximum atomic E-state index is 13.5. The Bertz CT molecular complexity index is 1630. The Hall–Kier alpha value is -4.54. The molecular formula is C33H30BrN3O5S. The molecule has 43 heavy (non-hydrogen) atoms. The predicted octanol–water partition coefficient (Wildman–Crippen LogP) is 7.00. The Kier molecular flexibility index (Phi) is 11.0. The summed E-state index contributed by atoms with van der Waals surface area (Å²) < 4.78 is 11.6. The fraction of sp³-hybridized carbons (Fsp3) is 0.121. The molecule has 8 nitrogen and oxygen atoms in total. The second kappa shape index (κ2) is 15.1. The molecule has 3 amide bonds. The van der Waals surface area contributed by atoms with Gasteiger partial charge in [-0.15, -0.1) is 11.8 Å². The van der Waals surface area contributed by atoms with Gasteiger partial charge in [0.1, 0.15) is 5.70 Å². The fourth-order valence-corrected chi connectivity index (χ4v) is 5.12. The normalized spacial score (nSPS) is 11.7. The van der Waals surface area contributed by atoms with E-state index >= 15 is 0 Å². The molecule has 4 aromatic rings. The number of benzene rings is 4. The number of methoxy groups -OCH3 is 2. The van der Waals surface area contributed by atoms with Gasteiger partial charge in [0.25, 0.3) is 11.8 Å². The summed E-state index contributed by atoms with van der Waals surface area (Å²) in [6.45, 7) is 1.81. The minimum Gasteiger partial charge on any atom is -0.493 e. The van der Waals surface area contributed by atoms with Gasteiger partial charge in [-0.3, -0.25) is 14.4 Å². The highest BCUT2D eigenvalue weighted by Gasteiger charge is 2.18. The molecule has 0 fully saturated rings. The summed E-state index contributed by atoms with van der Waals surface area (Å²) in [6.07, 6.45) is 1.56. The number of ether oxygens (including phenoxy) is 2. The van der Waals surface area contributed by atoms with Gasteiger partial charge in [0.05, 0.1) is 19.5 Å². The van der Waals surface area contributed by atoms with E-state index in [-0.39, 0.29) is 11.6 Å². The van der Waals surface area contributed by atoms with Crippen LogP contribution in [0.1, 0.15) is 22.8 Å². The molecule has 0 aromatic heterocycles. The SMILES string of the molecule is COc1ccc(/C=C(/NC(=O)c2ccccc2)C(=O)Nc2cccc(SC(C)C(=O)Nc3ccc(Br)cc3)c2)cc1OC. The van der Waals surface area contributed by atoms with Gasteiger partial charge in [0.2, 0.25) is 5.91 Å². The van der Waals surface area contributed by atoms with Crippen LogP contribution < -0.4 is 25.4 Å². The Morgan fingerprint density at radius 3 is 2.21 bits per heavy atom. The zero-order valence-electron chi connectivity index (χ0n) is 23.7. The van der Waals surface area contributed by atoms with Crippen LogP contribution in [0.3, 0.4) is 0 Å². The minimum atomic E-state index is -0.526. The van der Waals surface area contributed by atoms with Gasteiger partial charge in [-0.25, -0.2) is 0 Å². The van der Waals surface area contributed by atoms with Crippen LogP contribution in [-0.4, -0.2) is 37.2 Å².